The maximum Gasteiger partial charge on any atom is 0.355 e. The zero-order valence-electron chi connectivity index (χ0n) is 13.3. The number of nitrogens with zero attached hydrogens (tertiary/aromatic N) is 2. The Bertz CT molecular complexity index is 828. The Balaban J connectivity index is 2.67. The predicted octanol–water partition coefficient (Wildman–Crippen LogP) is 2.85. The highest BCUT2D eigenvalue weighted by Crippen LogP contribution is 2.34. The van der Waals surface area contributed by atoms with Gasteiger partial charge in [0.2, 0.25) is 0 Å². The normalized spacial score (nSPS) is 13.5. The fourth-order valence-corrected chi connectivity index (χ4v) is 2.71. The largest absolute Gasteiger partial charge is 0.465 e. The zero-order chi connectivity index (χ0) is 18.6. The van der Waals surface area contributed by atoms with Crippen molar-refractivity contribution >= 4 is 39.2 Å². The lowest BCUT2D eigenvalue weighted by molar-refractivity contribution is -0.384. The van der Waals surface area contributed by atoms with Crippen molar-refractivity contribution in [3.8, 4) is 0 Å². The SMILES string of the molecule is COC(=O)C1=C(C(=O)OC)N(c2ccc([N+](=O)[O-])cc2Br)C=CC=C1. The van der Waals surface area contributed by atoms with Crippen molar-refractivity contribution in [3.05, 3.63) is 68.5 Å². The number of anilines is 1. The van der Waals surface area contributed by atoms with Gasteiger partial charge in [0.05, 0.1) is 30.4 Å². The summed E-state index contributed by atoms with van der Waals surface area (Å²) in [6.45, 7) is 0. The molecule has 0 spiro atoms. The number of methoxy groups -OCH3 is 2. The first-order valence-electron chi connectivity index (χ1n) is 6.89. The zero-order valence-corrected chi connectivity index (χ0v) is 14.8. The van der Waals surface area contributed by atoms with E-state index in [0.29, 0.717) is 10.2 Å². The lowest BCUT2D eigenvalue weighted by atomic mass is 10.1. The van der Waals surface area contributed by atoms with E-state index in [4.69, 9.17) is 9.47 Å². The van der Waals surface area contributed by atoms with Gasteiger partial charge in [0.25, 0.3) is 5.69 Å². The molecule has 0 bridgehead atoms. The van der Waals surface area contributed by atoms with Crippen LogP contribution in [0.25, 0.3) is 0 Å². The van der Waals surface area contributed by atoms with Crippen molar-refractivity contribution in [2.24, 2.45) is 0 Å². The van der Waals surface area contributed by atoms with Crippen molar-refractivity contribution in [3.63, 3.8) is 0 Å². The first kappa shape index (κ1) is 18.4. The van der Waals surface area contributed by atoms with Crippen molar-refractivity contribution in [1.82, 2.24) is 0 Å². The monoisotopic (exact) mass is 408 g/mol. The van der Waals surface area contributed by atoms with Gasteiger partial charge in [0.1, 0.15) is 5.70 Å². The minimum Gasteiger partial charge on any atom is -0.465 e. The van der Waals surface area contributed by atoms with Crippen LogP contribution in [-0.4, -0.2) is 31.1 Å². The van der Waals surface area contributed by atoms with E-state index < -0.39 is 16.9 Å². The van der Waals surface area contributed by atoms with E-state index in [1.54, 1.807) is 12.2 Å². The van der Waals surface area contributed by atoms with Gasteiger partial charge in [-0.15, -0.1) is 0 Å². The lowest BCUT2D eigenvalue weighted by Gasteiger charge is -2.24. The molecule has 1 aliphatic heterocycles. The Morgan fingerprint density at radius 3 is 2.40 bits per heavy atom. The highest BCUT2D eigenvalue weighted by Gasteiger charge is 2.28. The van der Waals surface area contributed by atoms with Crippen molar-refractivity contribution < 1.29 is 24.0 Å². The van der Waals surface area contributed by atoms with Crippen LogP contribution in [-0.2, 0) is 19.1 Å². The number of carbonyl (C=O) groups is 2. The summed E-state index contributed by atoms with van der Waals surface area (Å²) in [6.07, 6.45) is 6.12. The fourth-order valence-electron chi connectivity index (χ4n) is 2.16. The van der Waals surface area contributed by atoms with Gasteiger partial charge in [0.15, 0.2) is 0 Å². The number of nitro groups is 1. The molecular formula is C16H13BrN2O6. The van der Waals surface area contributed by atoms with Crippen LogP contribution in [0.15, 0.2) is 58.4 Å². The van der Waals surface area contributed by atoms with Crippen LogP contribution in [0, 0.1) is 10.1 Å². The van der Waals surface area contributed by atoms with E-state index in [1.165, 1.54) is 49.6 Å². The molecule has 0 amide bonds. The highest BCUT2D eigenvalue weighted by atomic mass is 79.9. The third-order valence-corrected chi connectivity index (χ3v) is 3.93. The fraction of sp³-hybridized carbons (Fsp3) is 0.125. The quantitative estimate of drug-likeness (QED) is 0.428. The average Bonchev–Trinajstić information content (AvgIpc) is 2.82. The van der Waals surface area contributed by atoms with Crippen LogP contribution in [0.5, 0.6) is 0 Å². The maximum absolute atomic E-state index is 12.3. The summed E-state index contributed by atoms with van der Waals surface area (Å²) < 4.78 is 9.87. The van der Waals surface area contributed by atoms with Gasteiger partial charge in [-0.1, -0.05) is 6.08 Å². The number of nitro benzene ring substituents is 1. The van der Waals surface area contributed by atoms with Crippen LogP contribution in [0.3, 0.4) is 0 Å². The van der Waals surface area contributed by atoms with Crippen LogP contribution >= 0.6 is 15.9 Å². The minimum atomic E-state index is -0.762. The van der Waals surface area contributed by atoms with Crippen molar-refractivity contribution in [2.75, 3.05) is 19.1 Å². The number of ether oxygens (including phenoxy) is 2. The Morgan fingerprint density at radius 2 is 1.84 bits per heavy atom. The molecule has 0 radical (unpaired) electrons. The summed E-state index contributed by atoms with van der Waals surface area (Å²) in [5.74, 6) is -1.48. The van der Waals surface area contributed by atoms with E-state index in [2.05, 4.69) is 15.9 Å². The summed E-state index contributed by atoms with van der Waals surface area (Å²) in [5.41, 5.74) is 0.204. The molecule has 9 heteroatoms. The molecule has 1 heterocycles. The molecule has 0 saturated heterocycles. The number of esters is 2. The number of hydrogen-bond donors (Lipinski definition) is 0. The van der Waals surface area contributed by atoms with E-state index in [9.17, 15) is 19.7 Å². The second-order valence-corrected chi connectivity index (χ2v) is 5.56. The van der Waals surface area contributed by atoms with Gasteiger partial charge < -0.3 is 14.4 Å². The minimum absolute atomic E-state index is 0.00963. The van der Waals surface area contributed by atoms with Gasteiger partial charge >= 0.3 is 11.9 Å². The smallest absolute Gasteiger partial charge is 0.355 e. The second-order valence-electron chi connectivity index (χ2n) is 4.71. The summed E-state index contributed by atoms with van der Waals surface area (Å²) >= 11 is 3.26. The molecule has 0 N–H and O–H groups in total. The molecule has 1 aromatic carbocycles. The Morgan fingerprint density at radius 1 is 1.16 bits per heavy atom. The number of allylic oxidation sites excluding steroid dienone is 2. The number of benzene rings is 1. The standard InChI is InChI=1S/C16H13BrN2O6/c1-24-15(20)11-5-3-4-8-18(14(11)16(21)25-2)13-7-6-10(19(22)23)9-12(13)17/h3-9H,1-2H3. The molecule has 0 saturated carbocycles. The first-order chi connectivity index (χ1) is 11.9. The van der Waals surface area contributed by atoms with Gasteiger partial charge in [-0.2, -0.15) is 0 Å². The van der Waals surface area contributed by atoms with Crippen LogP contribution in [0.2, 0.25) is 0 Å². The third kappa shape index (κ3) is 3.77. The Kier molecular flexibility index (Phi) is 5.71. The number of halogens is 1. The van der Waals surface area contributed by atoms with Gasteiger partial charge in [0, 0.05) is 22.8 Å². The molecule has 0 unspecified atom stereocenters. The molecular weight excluding hydrogens is 396 g/mol. The molecule has 8 nitrogen and oxygen atoms in total. The van der Waals surface area contributed by atoms with Crippen LogP contribution < -0.4 is 4.90 Å². The van der Waals surface area contributed by atoms with E-state index >= 15 is 0 Å². The predicted molar refractivity (Wildman–Crippen MR) is 92.6 cm³/mol. The lowest BCUT2D eigenvalue weighted by Crippen LogP contribution is -2.27. The number of hydrogen-bond acceptors (Lipinski definition) is 7. The molecule has 1 aromatic rings. The molecule has 0 fully saturated rings. The van der Waals surface area contributed by atoms with Crippen molar-refractivity contribution in [1.29, 1.82) is 0 Å². The highest BCUT2D eigenvalue weighted by molar-refractivity contribution is 9.10. The first-order valence-corrected chi connectivity index (χ1v) is 7.69. The molecule has 0 aromatic heterocycles. The summed E-state index contributed by atoms with van der Waals surface area (Å²) in [5, 5.41) is 10.9. The molecule has 0 atom stereocenters. The summed E-state index contributed by atoms with van der Waals surface area (Å²) in [6, 6.07) is 4.04. The number of non-ortho nitro benzene ring substituents is 1. The average molecular weight is 409 g/mol. The number of rotatable bonds is 4. The number of carbonyl (C=O) groups excluding carboxylic acids is 2. The summed E-state index contributed by atoms with van der Waals surface area (Å²) in [7, 11) is 2.38. The summed E-state index contributed by atoms with van der Waals surface area (Å²) in [4.78, 5) is 36.1. The van der Waals surface area contributed by atoms with Crippen molar-refractivity contribution in [2.45, 2.75) is 0 Å². The van der Waals surface area contributed by atoms with E-state index in [-0.39, 0.29) is 17.0 Å². The Hall–Kier alpha value is -2.94. The maximum atomic E-state index is 12.3. The third-order valence-electron chi connectivity index (χ3n) is 3.29. The Labute approximate surface area is 151 Å². The molecule has 2 rings (SSSR count). The van der Waals surface area contributed by atoms with Crippen LogP contribution in [0.4, 0.5) is 11.4 Å². The molecule has 25 heavy (non-hydrogen) atoms. The van der Waals surface area contributed by atoms with E-state index in [1.807, 2.05) is 0 Å². The van der Waals surface area contributed by atoms with Gasteiger partial charge in [-0.05, 0) is 34.1 Å². The molecule has 0 aliphatic carbocycles. The van der Waals surface area contributed by atoms with Gasteiger partial charge in [-0.25, -0.2) is 9.59 Å². The topological polar surface area (TPSA) is 99.0 Å². The second kappa shape index (κ2) is 7.75. The molecule has 130 valence electrons. The van der Waals surface area contributed by atoms with Gasteiger partial charge in [-0.3, -0.25) is 10.1 Å². The van der Waals surface area contributed by atoms with Crippen LogP contribution in [0.1, 0.15) is 0 Å². The molecule has 1 aliphatic rings. The van der Waals surface area contributed by atoms with E-state index in [0.717, 1.165) is 0 Å².